The molecule has 28 heavy (non-hydrogen) atoms. The van der Waals surface area contributed by atoms with Crippen LogP contribution in [0.3, 0.4) is 0 Å². The van der Waals surface area contributed by atoms with E-state index in [1.807, 2.05) is 13.8 Å². The van der Waals surface area contributed by atoms with Crippen LogP contribution < -0.4 is 5.32 Å². The van der Waals surface area contributed by atoms with Crippen molar-refractivity contribution in [3.05, 3.63) is 12.3 Å². The number of urea groups is 1. The molecule has 0 aliphatic carbocycles. The van der Waals surface area contributed by atoms with Gasteiger partial charge in [0.1, 0.15) is 6.54 Å². The van der Waals surface area contributed by atoms with Crippen molar-refractivity contribution in [3.8, 4) is 0 Å². The molecule has 0 saturated carbocycles. The van der Waals surface area contributed by atoms with Crippen LogP contribution in [0, 0.1) is 0 Å². The van der Waals surface area contributed by atoms with E-state index >= 15 is 0 Å². The molecule has 2 unspecified atom stereocenters. The van der Waals surface area contributed by atoms with Gasteiger partial charge in [0.25, 0.3) is 0 Å². The number of aromatic nitrogens is 2. The normalized spacial score (nSPS) is 21.8. The topological polar surface area (TPSA) is 73.6 Å². The first kappa shape index (κ1) is 22.5. The van der Waals surface area contributed by atoms with Crippen LogP contribution in [-0.4, -0.2) is 74.2 Å². The maximum absolute atomic E-state index is 12.8. The number of hydrogen-bond donors (Lipinski definition) is 2. The summed E-state index contributed by atoms with van der Waals surface area (Å²) in [6.45, 7) is 7.97. The molecule has 0 aromatic carbocycles. The first-order valence-corrected chi connectivity index (χ1v) is 9.56. The lowest BCUT2D eigenvalue weighted by Gasteiger charge is -2.47. The molecule has 1 aromatic rings. The van der Waals surface area contributed by atoms with Crippen molar-refractivity contribution in [3.63, 3.8) is 0 Å². The van der Waals surface area contributed by atoms with Crippen molar-refractivity contribution in [1.29, 1.82) is 0 Å². The average Bonchev–Trinajstić information content (AvgIpc) is 2.97. The first-order chi connectivity index (χ1) is 12.9. The lowest BCUT2D eigenvalue weighted by Crippen LogP contribution is -2.62. The molecule has 1 aliphatic rings. The SMILES string of the molecule is CCC1CN(C(=O)Nc2ccn(CC(F)(F)F)n2)C(CC)CN1CC(C)(C)O. The Morgan fingerprint density at radius 3 is 2.39 bits per heavy atom. The second-order valence-corrected chi connectivity index (χ2v) is 7.96. The van der Waals surface area contributed by atoms with Crippen molar-refractivity contribution in [2.45, 2.75) is 70.9 Å². The molecule has 1 saturated heterocycles. The second-order valence-electron chi connectivity index (χ2n) is 7.96. The second kappa shape index (κ2) is 8.69. The number of nitrogens with zero attached hydrogens (tertiary/aromatic N) is 4. The van der Waals surface area contributed by atoms with Gasteiger partial charge in [-0.15, -0.1) is 0 Å². The van der Waals surface area contributed by atoms with Gasteiger partial charge in [-0.05, 0) is 26.7 Å². The zero-order valence-corrected chi connectivity index (χ0v) is 16.8. The standard InChI is InChI=1S/C18H30F3N5O2/c1-5-13-10-26(14(6-2)9-24(13)11-17(3,4)28)16(27)22-15-7-8-25(23-15)12-18(19,20)21/h7-8,13-14,28H,5-6,9-12H2,1-4H3,(H,22,23,27). The number of halogens is 3. The average molecular weight is 405 g/mol. The summed E-state index contributed by atoms with van der Waals surface area (Å²) in [6, 6.07) is 1.03. The maximum atomic E-state index is 12.8. The van der Waals surface area contributed by atoms with Gasteiger partial charge in [-0.1, -0.05) is 13.8 Å². The van der Waals surface area contributed by atoms with Gasteiger partial charge in [0.15, 0.2) is 5.82 Å². The van der Waals surface area contributed by atoms with Gasteiger partial charge in [0.05, 0.1) is 5.60 Å². The summed E-state index contributed by atoms with van der Waals surface area (Å²) in [5.41, 5.74) is -0.832. The largest absolute Gasteiger partial charge is 0.408 e. The zero-order chi connectivity index (χ0) is 21.1. The highest BCUT2D eigenvalue weighted by Crippen LogP contribution is 2.23. The molecule has 0 spiro atoms. The molecule has 2 rings (SSSR count). The number of aliphatic hydroxyl groups is 1. The van der Waals surface area contributed by atoms with Gasteiger partial charge in [-0.3, -0.25) is 14.9 Å². The Kier molecular flexibility index (Phi) is 6.97. The molecule has 1 aromatic heterocycles. The molecule has 2 N–H and O–H groups in total. The van der Waals surface area contributed by atoms with Crippen molar-refractivity contribution in [2.75, 3.05) is 25.0 Å². The predicted octanol–water partition coefficient (Wildman–Crippen LogP) is 2.92. The fourth-order valence-corrected chi connectivity index (χ4v) is 3.57. The quantitative estimate of drug-likeness (QED) is 0.763. The van der Waals surface area contributed by atoms with Gasteiger partial charge in [-0.2, -0.15) is 18.3 Å². The molecule has 2 amide bonds. The van der Waals surface area contributed by atoms with Crippen LogP contribution in [0.15, 0.2) is 12.3 Å². The molecule has 10 heteroatoms. The highest BCUT2D eigenvalue weighted by atomic mass is 19.4. The van der Waals surface area contributed by atoms with E-state index in [2.05, 4.69) is 15.3 Å². The van der Waals surface area contributed by atoms with Gasteiger partial charge in [0, 0.05) is 44.0 Å². The van der Waals surface area contributed by atoms with E-state index < -0.39 is 18.3 Å². The van der Waals surface area contributed by atoms with Crippen molar-refractivity contribution in [2.24, 2.45) is 0 Å². The molecular formula is C18H30F3N5O2. The Labute approximate surface area is 163 Å². The molecular weight excluding hydrogens is 375 g/mol. The Hall–Kier alpha value is -1.81. The van der Waals surface area contributed by atoms with Crippen LogP contribution in [-0.2, 0) is 6.54 Å². The summed E-state index contributed by atoms with van der Waals surface area (Å²) in [6.07, 6.45) is -1.63. The van der Waals surface area contributed by atoms with E-state index in [4.69, 9.17) is 0 Å². The first-order valence-electron chi connectivity index (χ1n) is 9.56. The van der Waals surface area contributed by atoms with E-state index in [1.165, 1.54) is 12.3 Å². The fourth-order valence-electron chi connectivity index (χ4n) is 3.57. The minimum atomic E-state index is -4.37. The van der Waals surface area contributed by atoms with Crippen molar-refractivity contribution >= 4 is 11.8 Å². The summed E-state index contributed by atoms with van der Waals surface area (Å²) >= 11 is 0. The third-order valence-electron chi connectivity index (χ3n) is 4.82. The zero-order valence-electron chi connectivity index (χ0n) is 16.8. The molecule has 2 atom stereocenters. The fraction of sp³-hybridized carbons (Fsp3) is 0.778. The summed E-state index contributed by atoms with van der Waals surface area (Å²) in [5, 5.41) is 16.6. The Balaban J connectivity index is 2.05. The number of anilines is 1. The van der Waals surface area contributed by atoms with E-state index in [-0.39, 0.29) is 23.9 Å². The summed E-state index contributed by atoms with van der Waals surface area (Å²) < 4.78 is 38.1. The molecule has 1 aliphatic heterocycles. The molecule has 7 nitrogen and oxygen atoms in total. The Bertz CT molecular complexity index is 656. The Morgan fingerprint density at radius 1 is 1.21 bits per heavy atom. The summed E-state index contributed by atoms with van der Waals surface area (Å²) in [4.78, 5) is 16.7. The van der Waals surface area contributed by atoms with E-state index in [0.29, 0.717) is 19.6 Å². The van der Waals surface area contributed by atoms with Crippen LogP contribution in [0.5, 0.6) is 0 Å². The number of β-amino-alcohol motifs (C(OH)–C–C–N with tert-alkyl or cyclic N) is 1. The van der Waals surface area contributed by atoms with Crippen LogP contribution in [0.4, 0.5) is 23.8 Å². The number of nitrogens with one attached hydrogen (secondary N) is 1. The predicted molar refractivity (Wildman–Crippen MR) is 100 cm³/mol. The van der Waals surface area contributed by atoms with Gasteiger partial charge in [0.2, 0.25) is 0 Å². The molecule has 160 valence electrons. The summed E-state index contributed by atoms with van der Waals surface area (Å²) in [7, 11) is 0. The van der Waals surface area contributed by atoms with Crippen molar-refractivity contribution < 1.29 is 23.1 Å². The van der Waals surface area contributed by atoms with Gasteiger partial charge < -0.3 is 10.0 Å². The van der Waals surface area contributed by atoms with E-state index in [1.54, 1.807) is 18.7 Å². The number of piperazine rings is 1. The highest BCUT2D eigenvalue weighted by Gasteiger charge is 2.37. The molecule has 0 radical (unpaired) electrons. The van der Waals surface area contributed by atoms with E-state index in [9.17, 15) is 23.1 Å². The number of rotatable bonds is 6. The smallest absolute Gasteiger partial charge is 0.389 e. The van der Waals surface area contributed by atoms with Crippen LogP contribution in [0.25, 0.3) is 0 Å². The van der Waals surface area contributed by atoms with Gasteiger partial charge in [-0.25, -0.2) is 4.79 Å². The Morgan fingerprint density at radius 2 is 1.86 bits per heavy atom. The lowest BCUT2D eigenvalue weighted by atomic mass is 10.00. The van der Waals surface area contributed by atoms with E-state index in [0.717, 1.165) is 17.5 Å². The summed E-state index contributed by atoms with van der Waals surface area (Å²) in [5.74, 6) is 0.0936. The minimum Gasteiger partial charge on any atom is -0.389 e. The lowest BCUT2D eigenvalue weighted by molar-refractivity contribution is -0.142. The maximum Gasteiger partial charge on any atom is 0.408 e. The number of hydrogen-bond acceptors (Lipinski definition) is 4. The van der Waals surface area contributed by atoms with Crippen LogP contribution in [0.1, 0.15) is 40.5 Å². The third-order valence-corrected chi connectivity index (χ3v) is 4.82. The van der Waals surface area contributed by atoms with Gasteiger partial charge >= 0.3 is 12.2 Å². The van der Waals surface area contributed by atoms with Crippen molar-refractivity contribution in [1.82, 2.24) is 19.6 Å². The van der Waals surface area contributed by atoms with Crippen LogP contribution >= 0.6 is 0 Å². The number of carbonyl (C=O) groups excluding carboxylic acids is 1. The number of alkyl halides is 3. The molecule has 2 heterocycles. The molecule has 1 fully saturated rings. The minimum absolute atomic E-state index is 0.0533. The van der Waals surface area contributed by atoms with Crippen LogP contribution in [0.2, 0.25) is 0 Å². The molecule has 0 bridgehead atoms. The number of carbonyl (C=O) groups is 1. The monoisotopic (exact) mass is 405 g/mol. The number of amides is 2. The third kappa shape index (κ3) is 6.37. The highest BCUT2D eigenvalue weighted by molar-refractivity contribution is 5.88.